The van der Waals surface area contributed by atoms with Crippen molar-refractivity contribution in [2.45, 2.75) is 13.8 Å². The maximum absolute atomic E-state index is 13.8. The van der Waals surface area contributed by atoms with Crippen LogP contribution in [0.1, 0.15) is 45.7 Å². The summed E-state index contributed by atoms with van der Waals surface area (Å²) in [4.78, 5) is 27.5. The van der Waals surface area contributed by atoms with Crippen LogP contribution in [0.2, 0.25) is 0 Å². The van der Waals surface area contributed by atoms with Crippen LogP contribution in [0.4, 0.5) is 22.7 Å². The minimum atomic E-state index is -0.577. The third kappa shape index (κ3) is 4.48. The smallest absolute Gasteiger partial charge is 0.200 e. The molecule has 0 spiro atoms. The molecular weight excluding hydrogens is 484 g/mol. The Hall–Kier alpha value is -4.98. The first kappa shape index (κ1) is 24.7. The first-order valence-electron chi connectivity index (χ1n) is 12.2. The van der Waals surface area contributed by atoms with Gasteiger partial charge in [0.15, 0.2) is 0 Å². The van der Waals surface area contributed by atoms with Crippen molar-refractivity contribution in [3.8, 4) is 23.0 Å². The molecule has 4 N–H and O–H groups in total. The van der Waals surface area contributed by atoms with E-state index in [0.717, 1.165) is 0 Å². The molecule has 5 rings (SSSR count). The molecule has 8 heteroatoms. The standard InChI is InChI=1S/C30H26N2O6/c1-3-37-19-9-5-17(6-10-19)31-21-13-14-22(32-18-7-11-20(12-8-18)38-4-2)26-25(21)29(35)27-23(33)15-16-24(34)28(27)30(26)36/h5-16,31-34H,3-4H2,1-2H3. The summed E-state index contributed by atoms with van der Waals surface area (Å²) < 4.78 is 11.0. The molecule has 1 aliphatic rings. The SMILES string of the molecule is CCOc1ccc(Nc2ccc(Nc3ccc(OCC)cc3)c3c2C(=O)c2c(O)ccc(O)c2C3=O)cc1. The van der Waals surface area contributed by atoms with E-state index in [0.29, 0.717) is 47.5 Å². The predicted octanol–water partition coefficient (Wildman–Crippen LogP) is 6.16. The molecule has 0 bridgehead atoms. The van der Waals surface area contributed by atoms with Crippen LogP contribution in [-0.2, 0) is 0 Å². The Morgan fingerprint density at radius 3 is 1.26 bits per heavy atom. The number of anilines is 4. The lowest BCUT2D eigenvalue weighted by Crippen LogP contribution is -2.24. The van der Waals surface area contributed by atoms with E-state index in [1.165, 1.54) is 12.1 Å². The van der Waals surface area contributed by atoms with Crippen molar-refractivity contribution in [2.24, 2.45) is 0 Å². The van der Waals surface area contributed by atoms with Gasteiger partial charge >= 0.3 is 0 Å². The number of phenolic OH excluding ortho intramolecular Hbond substituents is 2. The van der Waals surface area contributed by atoms with Gasteiger partial charge in [0.25, 0.3) is 0 Å². The van der Waals surface area contributed by atoms with Crippen molar-refractivity contribution >= 4 is 34.3 Å². The van der Waals surface area contributed by atoms with Gasteiger partial charge in [-0.2, -0.15) is 0 Å². The molecule has 0 radical (unpaired) electrons. The Morgan fingerprint density at radius 1 is 0.553 bits per heavy atom. The number of aromatic hydroxyl groups is 2. The van der Waals surface area contributed by atoms with Crippen LogP contribution < -0.4 is 20.1 Å². The number of hydrogen-bond acceptors (Lipinski definition) is 8. The van der Waals surface area contributed by atoms with Crippen molar-refractivity contribution in [1.82, 2.24) is 0 Å². The number of rotatable bonds is 8. The van der Waals surface area contributed by atoms with Crippen LogP contribution in [-0.4, -0.2) is 35.0 Å². The molecule has 0 saturated carbocycles. The Bertz CT molecular complexity index is 1410. The van der Waals surface area contributed by atoms with Crippen LogP contribution in [0, 0.1) is 0 Å². The quantitative estimate of drug-likeness (QED) is 0.183. The maximum Gasteiger partial charge on any atom is 0.200 e. The fourth-order valence-electron chi connectivity index (χ4n) is 4.49. The van der Waals surface area contributed by atoms with Crippen molar-refractivity contribution < 1.29 is 29.3 Å². The first-order chi connectivity index (χ1) is 18.4. The molecule has 38 heavy (non-hydrogen) atoms. The lowest BCUT2D eigenvalue weighted by atomic mass is 9.81. The number of hydrogen-bond donors (Lipinski definition) is 4. The second-order valence-electron chi connectivity index (χ2n) is 8.59. The number of nitrogens with one attached hydrogen (secondary N) is 2. The van der Waals surface area contributed by atoms with Gasteiger partial charge in [-0.1, -0.05) is 0 Å². The Morgan fingerprint density at radius 2 is 0.921 bits per heavy atom. The number of ether oxygens (including phenoxy) is 2. The zero-order chi connectivity index (χ0) is 26.8. The molecule has 0 saturated heterocycles. The van der Waals surface area contributed by atoms with Gasteiger partial charge < -0.3 is 30.3 Å². The average Bonchev–Trinajstić information content (AvgIpc) is 2.91. The number of fused-ring (bicyclic) bond motifs is 2. The second-order valence-corrected chi connectivity index (χ2v) is 8.59. The number of ketones is 2. The Kier molecular flexibility index (Phi) is 6.62. The third-order valence-electron chi connectivity index (χ3n) is 6.16. The van der Waals surface area contributed by atoms with Gasteiger partial charge in [-0.15, -0.1) is 0 Å². The van der Waals surface area contributed by atoms with E-state index in [2.05, 4.69) is 10.6 Å². The van der Waals surface area contributed by atoms with E-state index >= 15 is 0 Å². The molecule has 0 aliphatic heterocycles. The van der Waals surface area contributed by atoms with Crippen molar-refractivity contribution in [1.29, 1.82) is 0 Å². The van der Waals surface area contributed by atoms with Crippen LogP contribution in [0.25, 0.3) is 0 Å². The van der Waals surface area contributed by atoms with Gasteiger partial charge in [-0.3, -0.25) is 9.59 Å². The normalized spacial score (nSPS) is 11.9. The highest BCUT2D eigenvalue weighted by Crippen LogP contribution is 2.43. The zero-order valence-electron chi connectivity index (χ0n) is 20.9. The van der Waals surface area contributed by atoms with Gasteiger partial charge in [0.1, 0.15) is 23.0 Å². The van der Waals surface area contributed by atoms with Gasteiger partial charge in [-0.25, -0.2) is 0 Å². The molecule has 0 amide bonds. The number of benzene rings is 4. The van der Waals surface area contributed by atoms with Gasteiger partial charge in [-0.05, 0) is 86.6 Å². The van der Waals surface area contributed by atoms with Crippen LogP contribution in [0.5, 0.6) is 23.0 Å². The third-order valence-corrected chi connectivity index (χ3v) is 6.16. The van der Waals surface area contributed by atoms with E-state index in [1.807, 2.05) is 13.8 Å². The first-order valence-corrected chi connectivity index (χ1v) is 12.2. The van der Waals surface area contributed by atoms with Crippen molar-refractivity contribution in [3.63, 3.8) is 0 Å². The fourth-order valence-corrected chi connectivity index (χ4v) is 4.49. The van der Waals surface area contributed by atoms with Crippen molar-refractivity contribution in [3.05, 3.63) is 95.1 Å². The molecule has 4 aromatic carbocycles. The van der Waals surface area contributed by atoms with Gasteiger partial charge in [0, 0.05) is 11.4 Å². The average molecular weight is 511 g/mol. The van der Waals surface area contributed by atoms with E-state index in [9.17, 15) is 19.8 Å². The molecular formula is C30H26N2O6. The topological polar surface area (TPSA) is 117 Å². The summed E-state index contributed by atoms with van der Waals surface area (Å²) in [5, 5.41) is 27.4. The largest absolute Gasteiger partial charge is 0.507 e. The molecule has 8 nitrogen and oxygen atoms in total. The zero-order valence-corrected chi connectivity index (χ0v) is 20.9. The second kappa shape index (κ2) is 10.2. The van der Waals surface area contributed by atoms with Crippen LogP contribution in [0.15, 0.2) is 72.8 Å². The highest BCUT2D eigenvalue weighted by Gasteiger charge is 2.38. The summed E-state index contributed by atoms with van der Waals surface area (Å²) >= 11 is 0. The summed E-state index contributed by atoms with van der Waals surface area (Å²) in [7, 11) is 0. The summed E-state index contributed by atoms with van der Waals surface area (Å²) in [6.07, 6.45) is 0. The molecule has 4 aromatic rings. The maximum atomic E-state index is 13.8. The van der Waals surface area contributed by atoms with E-state index < -0.39 is 11.6 Å². The molecule has 0 atom stereocenters. The minimum Gasteiger partial charge on any atom is -0.507 e. The van der Waals surface area contributed by atoms with Crippen LogP contribution in [0.3, 0.4) is 0 Å². The summed E-state index contributed by atoms with van der Waals surface area (Å²) in [5.41, 5.74) is 1.84. The Labute approximate surface area is 219 Å². The molecule has 0 fully saturated rings. The van der Waals surface area contributed by atoms with E-state index in [4.69, 9.17) is 9.47 Å². The molecule has 1 aliphatic carbocycles. The van der Waals surface area contributed by atoms with Crippen LogP contribution >= 0.6 is 0 Å². The van der Waals surface area contributed by atoms with E-state index in [1.54, 1.807) is 60.7 Å². The van der Waals surface area contributed by atoms with Gasteiger partial charge in [0.05, 0.1) is 46.8 Å². The number of carbonyl (C=O) groups excluding carboxylic acids is 2. The molecule has 0 heterocycles. The summed E-state index contributed by atoms with van der Waals surface area (Å²) in [6.45, 7) is 4.87. The monoisotopic (exact) mass is 510 g/mol. The van der Waals surface area contributed by atoms with Crippen molar-refractivity contribution in [2.75, 3.05) is 23.8 Å². The summed E-state index contributed by atoms with van der Waals surface area (Å²) in [5.74, 6) is -0.498. The lowest BCUT2D eigenvalue weighted by Gasteiger charge is -2.25. The number of carbonyl (C=O) groups is 2. The minimum absolute atomic E-state index is 0.0909. The Balaban J connectivity index is 1.61. The highest BCUT2D eigenvalue weighted by atomic mass is 16.5. The molecule has 192 valence electrons. The number of phenols is 2. The lowest BCUT2D eigenvalue weighted by molar-refractivity contribution is 0.0975. The molecule has 0 unspecified atom stereocenters. The van der Waals surface area contributed by atoms with Gasteiger partial charge in [0.2, 0.25) is 11.6 Å². The highest BCUT2D eigenvalue weighted by molar-refractivity contribution is 6.33. The predicted molar refractivity (Wildman–Crippen MR) is 145 cm³/mol. The fraction of sp³-hybridized carbons (Fsp3) is 0.133. The molecule has 0 aromatic heterocycles. The summed E-state index contributed by atoms with van der Waals surface area (Å²) in [6, 6.07) is 20.2. The van der Waals surface area contributed by atoms with E-state index in [-0.39, 0.29) is 33.8 Å².